The van der Waals surface area contributed by atoms with Gasteiger partial charge >= 0.3 is 273 Å². The molecule has 9 rings (SSSR count). The standard InChI is InChI=1S/2C21H17.C2H4.2ClH.Zr/c2*1-2-15-13-17-9-6-12-20(21(17)14-15)19-11-5-8-16-7-3-4-10-18(16)19;1-2;;;/h2*3-14H,2H2,1H3;1-2H2;2*1H;/q;;;;;+2/p-2. The predicted octanol–water partition coefficient (Wildman–Crippen LogP) is 6.74. The van der Waals surface area contributed by atoms with E-state index in [1.807, 2.05) is 0 Å². The Labute approximate surface area is 295 Å². The van der Waals surface area contributed by atoms with Gasteiger partial charge in [-0.05, 0) is 0 Å². The Morgan fingerprint density at radius 2 is 0.851 bits per heavy atom. The van der Waals surface area contributed by atoms with Crippen molar-refractivity contribution < 1.29 is 45.1 Å². The summed E-state index contributed by atoms with van der Waals surface area (Å²) in [6.07, 6.45) is 7.55. The smallest absolute Gasteiger partial charge is 1.00 e. The molecule has 47 heavy (non-hydrogen) atoms. The molecule has 2 aliphatic carbocycles. The van der Waals surface area contributed by atoms with Crippen molar-refractivity contribution in [2.24, 2.45) is 0 Å². The summed E-state index contributed by atoms with van der Waals surface area (Å²) >= 11 is -2.76. The molecule has 0 spiro atoms. The van der Waals surface area contributed by atoms with Crippen LogP contribution < -0.4 is 24.8 Å². The van der Waals surface area contributed by atoms with Crippen LogP contribution in [-0.4, -0.2) is 0 Å². The van der Waals surface area contributed by atoms with Crippen molar-refractivity contribution >= 4 is 33.7 Å². The Hall–Kier alpha value is -3.22. The number of hydrogen-bond donors (Lipinski definition) is 0. The van der Waals surface area contributed by atoms with E-state index < -0.39 is 20.3 Å². The Bertz CT molecular complexity index is 2060. The molecule has 0 aromatic heterocycles. The van der Waals surface area contributed by atoms with Gasteiger partial charge in [0, 0.05) is 0 Å². The van der Waals surface area contributed by atoms with Gasteiger partial charge in [-0.15, -0.1) is 0 Å². The number of halogens is 2. The quantitative estimate of drug-likeness (QED) is 0.179. The van der Waals surface area contributed by atoms with Crippen LogP contribution in [0.4, 0.5) is 0 Å². The summed E-state index contributed by atoms with van der Waals surface area (Å²) in [5.74, 6) is 0. The zero-order chi connectivity index (χ0) is 30.1. The third-order valence-electron chi connectivity index (χ3n) is 11.3. The van der Waals surface area contributed by atoms with Crippen LogP contribution in [-0.2, 0) is 20.3 Å². The number of rotatable bonds is 6. The average molecular weight is 729 g/mol. The molecule has 0 amide bonds. The van der Waals surface area contributed by atoms with Crippen molar-refractivity contribution in [3.05, 3.63) is 155 Å². The minimum atomic E-state index is -2.76. The molecular weight excluding hydrogens is 691 g/mol. The maximum atomic E-state index is 2.63. The van der Waals surface area contributed by atoms with Crippen molar-refractivity contribution in [2.45, 2.75) is 42.2 Å². The number of fused-ring (bicyclic) bond motifs is 4. The molecule has 1 fully saturated rings. The second kappa shape index (κ2) is 12.7. The molecule has 6 aromatic rings. The van der Waals surface area contributed by atoms with Gasteiger partial charge in [0.15, 0.2) is 0 Å². The summed E-state index contributed by atoms with van der Waals surface area (Å²) < 4.78 is 4.33. The predicted molar refractivity (Wildman–Crippen MR) is 190 cm³/mol. The molecule has 3 heteroatoms. The van der Waals surface area contributed by atoms with E-state index in [2.05, 4.69) is 147 Å². The SMILES string of the molecule is CCC1=Cc2c(-c3cccc4ccccc34)cccc2[CH]1[Zr+2]1([CH]2C(CC)=Cc3c(-c4cccc5ccccc45)cccc32)[CH2][CH2]1.[Cl-].[Cl-]. The second-order valence-corrected chi connectivity index (χ2v) is 24.8. The first kappa shape index (κ1) is 32.3. The third-order valence-corrected chi connectivity index (χ3v) is 24.3. The normalized spacial score (nSPS) is 17.8. The monoisotopic (exact) mass is 726 g/mol. The topological polar surface area (TPSA) is 0 Å². The molecule has 0 N–H and O–H groups in total. The van der Waals surface area contributed by atoms with Crippen molar-refractivity contribution in [2.75, 3.05) is 0 Å². The van der Waals surface area contributed by atoms with Crippen LogP contribution in [0.1, 0.15) is 56.2 Å². The van der Waals surface area contributed by atoms with E-state index in [0.717, 1.165) is 12.8 Å². The fraction of sp³-hybridized carbons (Fsp3) is 0.182. The van der Waals surface area contributed by atoms with Gasteiger partial charge in [0.05, 0.1) is 0 Å². The van der Waals surface area contributed by atoms with Crippen LogP contribution in [0.2, 0.25) is 8.26 Å². The van der Waals surface area contributed by atoms with E-state index in [9.17, 15) is 0 Å². The van der Waals surface area contributed by atoms with Crippen molar-refractivity contribution in [3.63, 3.8) is 0 Å². The molecule has 0 bridgehead atoms. The molecular formula is C44H38Cl2Zr. The van der Waals surface area contributed by atoms with Crippen LogP contribution in [0.15, 0.2) is 132 Å². The summed E-state index contributed by atoms with van der Waals surface area (Å²) in [4.78, 5) is 0. The number of benzene rings is 6. The summed E-state index contributed by atoms with van der Waals surface area (Å²) in [5, 5.41) is 5.36. The molecule has 232 valence electrons. The second-order valence-electron chi connectivity index (χ2n) is 13.4. The van der Waals surface area contributed by atoms with Gasteiger partial charge in [0.25, 0.3) is 0 Å². The van der Waals surface area contributed by atoms with Crippen LogP contribution >= 0.6 is 0 Å². The Balaban J connectivity index is 0.00000176. The minimum absolute atomic E-state index is 0. The minimum Gasteiger partial charge on any atom is -1.00 e. The van der Waals surface area contributed by atoms with Gasteiger partial charge in [-0.1, -0.05) is 0 Å². The molecule has 2 unspecified atom stereocenters. The molecule has 0 saturated carbocycles. The Morgan fingerprint density at radius 1 is 0.468 bits per heavy atom. The van der Waals surface area contributed by atoms with Gasteiger partial charge < -0.3 is 24.8 Å². The fourth-order valence-corrected chi connectivity index (χ4v) is 27.1. The van der Waals surface area contributed by atoms with Crippen molar-refractivity contribution in [1.29, 1.82) is 0 Å². The maximum Gasteiger partial charge on any atom is -1.00 e. The summed E-state index contributed by atoms with van der Waals surface area (Å²) in [6, 6.07) is 45.9. The zero-order valence-electron chi connectivity index (χ0n) is 26.9. The summed E-state index contributed by atoms with van der Waals surface area (Å²) in [6.45, 7) is 4.81. The third kappa shape index (κ3) is 4.96. The van der Waals surface area contributed by atoms with Crippen LogP contribution in [0, 0.1) is 0 Å². The zero-order valence-corrected chi connectivity index (χ0v) is 30.9. The van der Waals surface area contributed by atoms with E-state index in [0.29, 0.717) is 7.25 Å². The number of hydrogen-bond acceptors (Lipinski definition) is 0. The van der Waals surface area contributed by atoms with E-state index in [4.69, 9.17) is 0 Å². The molecule has 1 saturated heterocycles. The fourth-order valence-electron chi connectivity index (χ4n) is 9.18. The van der Waals surface area contributed by atoms with E-state index in [1.165, 1.54) is 63.2 Å². The molecule has 0 nitrogen and oxygen atoms in total. The van der Waals surface area contributed by atoms with Gasteiger partial charge in [-0.2, -0.15) is 0 Å². The van der Waals surface area contributed by atoms with Crippen LogP contribution in [0.25, 0.3) is 56.0 Å². The largest absolute Gasteiger partial charge is 1.00 e. The van der Waals surface area contributed by atoms with Crippen LogP contribution in [0.3, 0.4) is 0 Å². The summed E-state index contributed by atoms with van der Waals surface area (Å²) in [5.41, 5.74) is 15.3. The molecule has 0 radical (unpaired) electrons. The average Bonchev–Trinajstić information content (AvgIpc) is 3.63. The maximum absolute atomic E-state index is 2.76. The van der Waals surface area contributed by atoms with Crippen molar-refractivity contribution in [1.82, 2.24) is 0 Å². The molecule has 3 aliphatic rings. The van der Waals surface area contributed by atoms with Crippen molar-refractivity contribution in [3.8, 4) is 22.3 Å². The summed E-state index contributed by atoms with van der Waals surface area (Å²) in [7, 11) is 0. The van der Waals surface area contributed by atoms with Gasteiger partial charge in [0.2, 0.25) is 0 Å². The van der Waals surface area contributed by atoms with E-state index >= 15 is 0 Å². The Kier molecular flexibility index (Phi) is 8.72. The van der Waals surface area contributed by atoms with Gasteiger partial charge in [0.1, 0.15) is 0 Å². The number of allylic oxidation sites excluding steroid dienone is 2. The molecule has 1 heterocycles. The van der Waals surface area contributed by atoms with E-state index in [-0.39, 0.29) is 24.8 Å². The van der Waals surface area contributed by atoms with E-state index in [1.54, 1.807) is 22.3 Å². The molecule has 1 aliphatic heterocycles. The van der Waals surface area contributed by atoms with Gasteiger partial charge in [-0.3, -0.25) is 0 Å². The first-order chi connectivity index (χ1) is 22.2. The Morgan fingerprint density at radius 3 is 1.28 bits per heavy atom. The van der Waals surface area contributed by atoms with Crippen LogP contribution in [0.5, 0.6) is 0 Å². The molecule has 6 aromatic carbocycles. The molecule has 2 atom stereocenters. The first-order valence-electron chi connectivity index (χ1n) is 16.8. The van der Waals surface area contributed by atoms with Gasteiger partial charge in [-0.25, -0.2) is 0 Å². The first-order valence-corrected chi connectivity index (χ1v) is 23.2.